The molecule has 1 fully saturated rings. The number of nitrogens with zero attached hydrogens (tertiary/aromatic N) is 5. The quantitative estimate of drug-likeness (QED) is 0.493. The summed E-state index contributed by atoms with van der Waals surface area (Å²) in [5.74, 6) is 0.687. The maximum Gasteiger partial charge on any atom is 0.183 e. The van der Waals surface area contributed by atoms with Gasteiger partial charge in [-0.15, -0.1) is 10.2 Å². The average Bonchev–Trinajstić information content (AvgIpc) is 3.21. The second-order valence-corrected chi connectivity index (χ2v) is 7.97. The van der Waals surface area contributed by atoms with E-state index in [0.717, 1.165) is 34.4 Å². The first kappa shape index (κ1) is 19.4. The fourth-order valence-electron chi connectivity index (χ4n) is 4.01. The topological polar surface area (TPSA) is 55.6 Å². The van der Waals surface area contributed by atoms with Crippen molar-refractivity contribution in [3.05, 3.63) is 58.7 Å². The smallest absolute Gasteiger partial charge is 0.183 e. The van der Waals surface area contributed by atoms with Crippen molar-refractivity contribution in [2.24, 2.45) is 0 Å². The van der Waals surface area contributed by atoms with Crippen molar-refractivity contribution in [1.29, 1.82) is 0 Å². The molecule has 0 N–H and O–H groups in total. The molecule has 0 spiro atoms. The zero-order chi connectivity index (χ0) is 20.7. The van der Waals surface area contributed by atoms with Crippen LogP contribution in [0.5, 0.6) is 0 Å². The molecule has 1 unspecified atom stereocenters. The van der Waals surface area contributed by atoms with Gasteiger partial charge in [-0.3, -0.25) is 9.30 Å². The normalized spacial score (nSPS) is 17.8. The SMILES string of the molecule is Cc1nc2ccc(CN3CCOC(CF)C3)cc2n2c(-c3ccccc3Cl)nnc12. The highest BCUT2D eigenvalue weighted by Gasteiger charge is 2.21. The molecular weight excluding hydrogens is 405 g/mol. The van der Waals surface area contributed by atoms with Crippen molar-refractivity contribution < 1.29 is 9.13 Å². The van der Waals surface area contributed by atoms with E-state index in [-0.39, 0.29) is 6.10 Å². The predicted octanol–water partition coefficient (Wildman–Crippen LogP) is 4.08. The van der Waals surface area contributed by atoms with Gasteiger partial charge in [0.05, 0.1) is 34.5 Å². The third-order valence-electron chi connectivity index (χ3n) is 5.47. The zero-order valence-electron chi connectivity index (χ0n) is 16.6. The first-order valence-corrected chi connectivity index (χ1v) is 10.3. The van der Waals surface area contributed by atoms with E-state index in [1.807, 2.05) is 41.7 Å². The Bertz CT molecular complexity index is 1230. The Morgan fingerprint density at radius 2 is 2.07 bits per heavy atom. The summed E-state index contributed by atoms with van der Waals surface area (Å²) in [5, 5.41) is 9.42. The molecule has 154 valence electrons. The summed E-state index contributed by atoms with van der Waals surface area (Å²) in [6.45, 7) is 4.11. The van der Waals surface area contributed by atoms with Crippen LogP contribution < -0.4 is 0 Å². The molecule has 0 amide bonds. The van der Waals surface area contributed by atoms with Gasteiger partial charge in [-0.2, -0.15) is 0 Å². The van der Waals surface area contributed by atoms with Crippen LogP contribution in [0, 0.1) is 6.92 Å². The Morgan fingerprint density at radius 3 is 2.90 bits per heavy atom. The third-order valence-corrected chi connectivity index (χ3v) is 5.80. The monoisotopic (exact) mass is 425 g/mol. The fourth-order valence-corrected chi connectivity index (χ4v) is 4.23. The van der Waals surface area contributed by atoms with E-state index in [0.29, 0.717) is 36.2 Å². The van der Waals surface area contributed by atoms with Gasteiger partial charge in [0.25, 0.3) is 0 Å². The molecule has 5 rings (SSSR count). The van der Waals surface area contributed by atoms with E-state index >= 15 is 0 Å². The Labute approximate surface area is 178 Å². The molecule has 0 saturated carbocycles. The number of ether oxygens (including phenoxy) is 1. The van der Waals surface area contributed by atoms with Gasteiger partial charge < -0.3 is 4.74 Å². The summed E-state index contributed by atoms with van der Waals surface area (Å²) >= 11 is 6.45. The van der Waals surface area contributed by atoms with E-state index in [9.17, 15) is 4.39 Å². The van der Waals surface area contributed by atoms with E-state index in [1.165, 1.54) is 0 Å². The van der Waals surface area contributed by atoms with Crippen molar-refractivity contribution in [3.63, 3.8) is 0 Å². The van der Waals surface area contributed by atoms with Crippen molar-refractivity contribution in [2.45, 2.75) is 19.6 Å². The van der Waals surface area contributed by atoms with Crippen LogP contribution in [-0.2, 0) is 11.3 Å². The van der Waals surface area contributed by atoms with Crippen LogP contribution in [0.4, 0.5) is 4.39 Å². The number of rotatable bonds is 4. The number of alkyl halides is 1. The van der Waals surface area contributed by atoms with Crippen LogP contribution in [0.2, 0.25) is 5.02 Å². The number of hydrogen-bond acceptors (Lipinski definition) is 5. The number of hydrogen-bond donors (Lipinski definition) is 0. The largest absolute Gasteiger partial charge is 0.373 e. The standard InChI is InChI=1S/C22H21ClFN5O/c1-14-21-26-27-22(17-4-2-3-5-18(17)23)29(21)20-10-15(6-7-19(20)25-14)12-28-8-9-30-16(11-24)13-28/h2-7,10,16H,8-9,11-13H2,1H3. The Morgan fingerprint density at radius 1 is 1.20 bits per heavy atom. The minimum atomic E-state index is -0.458. The minimum Gasteiger partial charge on any atom is -0.373 e. The molecular formula is C22H21ClFN5O. The van der Waals surface area contributed by atoms with Crippen molar-refractivity contribution >= 4 is 28.3 Å². The molecule has 6 nitrogen and oxygen atoms in total. The van der Waals surface area contributed by atoms with Crippen molar-refractivity contribution in [3.8, 4) is 11.4 Å². The number of aryl methyl sites for hydroxylation is 1. The molecule has 3 heterocycles. The summed E-state index contributed by atoms with van der Waals surface area (Å²) in [5.41, 5.74) is 5.23. The lowest BCUT2D eigenvalue weighted by atomic mass is 10.1. The number of morpholine rings is 1. The molecule has 2 aromatic carbocycles. The van der Waals surface area contributed by atoms with E-state index < -0.39 is 6.67 Å². The summed E-state index contributed by atoms with van der Waals surface area (Å²) in [6.07, 6.45) is -0.347. The lowest BCUT2D eigenvalue weighted by molar-refractivity contribution is -0.0412. The van der Waals surface area contributed by atoms with Gasteiger partial charge in [0, 0.05) is 25.2 Å². The van der Waals surface area contributed by atoms with Crippen LogP contribution >= 0.6 is 11.6 Å². The summed E-state index contributed by atoms with van der Waals surface area (Å²) in [6, 6.07) is 13.8. The lowest BCUT2D eigenvalue weighted by Gasteiger charge is -2.31. The molecule has 1 aliphatic rings. The molecule has 8 heteroatoms. The predicted molar refractivity (Wildman–Crippen MR) is 114 cm³/mol. The third kappa shape index (κ3) is 3.43. The Kier molecular flexibility index (Phi) is 5.10. The van der Waals surface area contributed by atoms with Gasteiger partial charge in [0.15, 0.2) is 11.5 Å². The summed E-state index contributed by atoms with van der Waals surface area (Å²) in [4.78, 5) is 6.92. The average molecular weight is 426 g/mol. The van der Waals surface area contributed by atoms with Gasteiger partial charge in [0.1, 0.15) is 6.67 Å². The number of benzene rings is 2. The van der Waals surface area contributed by atoms with Crippen LogP contribution in [-0.4, -0.2) is 57.0 Å². The van der Waals surface area contributed by atoms with E-state index in [1.54, 1.807) is 0 Å². The van der Waals surface area contributed by atoms with Crippen LogP contribution in [0.25, 0.3) is 28.1 Å². The maximum absolute atomic E-state index is 13.0. The summed E-state index contributed by atoms with van der Waals surface area (Å²) < 4.78 is 20.5. The van der Waals surface area contributed by atoms with E-state index in [4.69, 9.17) is 21.3 Å². The van der Waals surface area contributed by atoms with Gasteiger partial charge >= 0.3 is 0 Å². The van der Waals surface area contributed by atoms with Gasteiger partial charge in [0.2, 0.25) is 0 Å². The first-order chi connectivity index (χ1) is 14.6. The van der Waals surface area contributed by atoms with Gasteiger partial charge in [-0.25, -0.2) is 9.37 Å². The van der Waals surface area contributed by atoms with Crippen LogP contribution in [0.1, 0.15) is 11.3 Å². The molecule has 1 saturated heterocycles. The Hall–Kier alpha value is -2.61. The zero-order valence-corrected chi connectivity index (χ0v) is 17.3. The molecule has 30 heavy (non-hydrogen) atoms. The highest BCUT2D eigenvalue weighted by Crippen LogP contribution is 2.29. The molecule has 2 aromatic heterocycles. The molecule has 4 aromatic rings. The van der Waals surface area contributed by atoms with Crippen molar-refractivity contribution in [2.75, 3.05) is 26.4 Å². The first-order valence-electron chi connectivity index (χ1n) is 9.93. The molecule has 1 aliphatic heterocycles. The van der Waals surface area contributed by atoms with Crippen LogP contribution in [0.15, 0.2) is 42.5 Å². The number of fused-ring (bicyclic) bond motifs is 3. The second kappa shape index (κ2) is 7.91. The van der Waals surface area contributed by atoms with Gasteiger partial charge in [-0.05, 0) is 36.8 Å². The van der Waals surface area contributed by atoms with Gasteiger partial charge in [-0.1, -0.05) is 29.8 Å². The minimum absolute atomic E-state index is 0.347. The van der Waals surface area contributed by atoms with Crippen LogP contribution in [0.3, 0.4) is 0 Å². The molecule has 1 atom stereocenters. The highest BCUT2D eigenvalue weighted by atomic mass is 35.5. The maximum atomic E-state index is 13.0. The van der Waals surface area contributed by atoms with Crippen molar-refractivity contribution in [1.82, 2.24) is 24.5 Å². The Balaban J connectivity index is 1.62. The summed E-state index contributed by atoms with van der Waals surface area (Å²) in [7, 11) is 0. The highest BCUT2D eigenvalue weighted by molar-refractivity contribution is 6.33. The second-order valence-electron chi connectivity index (χ2n) is 7.56. The molecule has 0 bridgehead atoms. The number of aromatic nitrogens is 4. The number of halogens is 2. The molecule has 0 aliphatic carbocycles. The lowest BCUT2D eigenvalue weighted by Crippen LogP contribution is -2.42. The molecule has 0 radical (unpaired) electrons. The fraction of sp³-hybridized carbons (Fsp3) is 0.318. The van der Waals surface area contributed by atoms with E-state index in [2.05, 4.69) is 27.2 Å².